The maximum Gasteiger partial charge on any atom is 0.409 e. The van der Waals surface area contributed by atoms with Crippen LogP contribution in [-0.4, -0.2) is 62.4 Å². The van der Waals surface area contributed by atoms with E-state index in [1.807, 2.05) is 13.8 Å². The quantitative estimate of drug-likeness (QED) is 0.324. The molecule has 2 N–H and O–H groups in total. The molecule has 0 radical (unpaired) electrons. The largest absolute Gasteiger partial charge is 0.494 e. The Kier molecular flexibility index (Phi) is 9.98. The lowest BCUT2D eigenvalue weighted by atomic mass is 10.1. The number of nitrogens with zero attached hydrogens (tertiary/aromatic N) is 2. The number of hydrogen-bond donors (Lipinski definition) is 2. The summed E-state index contributed by atoms with van der Waals surface area (Å²) in [5.74, 6) is 2.57. The highest BCUT2D eigenvalue weighted by molar-refractivity contribution is 14.0. The van der Waals surface area contributed by atoms with Crippen LogP contribution in [0.15, 0.2) is 17.1 Å². The van der Waals surface area contributed by atoms with Gasteiger partial charge in [0, 0.05) is 50.3 Å². The summed E-state index contributed by atoms with van der Waals surface area (Å²) in [5, 5.41) is 6.85. The van der Waals surface area contributed by atoms with Crippen LogP contribution in [-0.2, 0) is 17.7 Å². The monoisotopic (exact) mass is 546 g/mol. The van der Waals surface area contributed by atoms with E-state index in [0.717, 1.165) is 42.3 Å². The van der Waals surface area contributed by atoms with Crippen molar-refractivity contribution < 1.29 is 19.0 Å². The van der Waals surface area contributed by atoms with Crippen LogP contribution in [0.5, 0.6) is 11.5 Å². The van der Waals surface area contributed by atoms with Gasteiger partial charge < -0.3 is 29.7 Å². The number of piperidine rings is 1. The Morgan fingerprint density at radius 2 is 2.00 bits per heavy atom. The van der Waals surface area contributed by atoms with Gasteiger partial charge in [-0.3, -0.25) is 4.99 Å². The van der Waals surface area contributed by atoms with Crippen LogP contribution in [0.2, 0.25) is 0 Å². The van der Waals surface area contributed by atoms with Crippen molar-refractivity contribution in [2.45, 2.75) is 58.7 Å². The minimum atomic E-state index is -0.227. The number of nitrogens with one attached hydrogen (secondary N) is 2. The second kappa shape index (κ2) is 12.2. The van der Waals surface area contributed by atoms with Crippen LogP contribution in [0.3, 0.4) is 0 Å². The van der Waals surface area contributed by atoms with Crippen LogP contribution in [0, 0.1) is 0 Å². The fourth-order valence-electron chi connectivity index (χ4n) is 3.90. The maximum atomic E-state index is 11.9. The Morgan fingerprint density at radius 1 is 1.26 bits per heavy atom. The first kappa shape index (κ1) is 25.4. The zero-order chi connectivity index (χ0) is 21.5. The average Bonchev–Trinajstić information content (AvgIpc) is 3.10. The first-order chi connectivity index (χ1) is 14.5. The maximum absolute atomic E-state index is 11.9. The molecule has 8 nitrogen and oxygen atoms in total. The summed E-state index contributed by atoms with van der Waals surface area (Å²) >= 11 is 0. The van der Waals surface area contributed by atoms with E-state index in [9.17, 15) is 4.79 Å². The van der Waals surface area contributed by atoms with Gasteiger partial charge >= 0.3 is 6.09 Å². The van der Waals surface area contributed by atoms with Crippen LogP contribution in [0.4, 0.5) is 4.79 Å². The highest BCUT2D eigenvalue weighted by Crippen LogP contribution is 2.35. The molecule has 1 atom stereocenters. The number of carbonyl (C=O) groups is 1. The topological polar surface area (TPSA) is 84.4 Å². The lowest BCUT2D eigenvalue weighted by Gasteiger charge is -2.32. The summed E-state index contributed by atoms with van der Waals surface area (Å²) in [5.41, 5.74) is 2.25. The molecule has 174 valence electrons. The molecular weight excluding hydrogens is 511 g/mol. The Labute approximate surface area is 202 Å². The lowest BCUT2D eigenvalue weighted by molar-refractivity contribution is 0.0963. The van der Waals surface area contributed by atoms with Crippen molar-refractivity contribution in [1.82, 2.24) is 15.5 Å². The normalized spacial score (nSPS) is 18.5. The second-order valence-electron chi connectivity index (χ2n) is 7.66. The molecule has 3 rings (SSSR count). The second-order valence-corrected chi connectivity index (χ2v) is 7.66. The van der Waals surface area contributed by atoms with Crippen molar-refractivity contribution in [1.29, 1.82) is 0 Å². The molecule has 9 heteroatoms. The Hall–Kier alpha value is -1.91. The van der Waals surface area contributed by atoms with Gasteiger partial charge in [-0.25, -0.2) is 4.79 Å². The summed E-state index contributed by atoms with van der Waals surface area (Å²) in [7, 11) is 1.76. The molecule has 1 saturated heterocycles. The minimum Gasteiger partial charge on any atom is -0.494 e. The number of fused-ring (bicyclic) bond motifs is 1. The van der Waals surface area contributed by atoms with Gasteiger partial charge in [0.15, 0.2) is 5.96 Å². The Balaban J connectivity index is 0.00000341. The number of amides is 1. The number of benzene rings is 1. The third kappa shape index (κ3) is 6.78. The predicted molar refractivity (Wildman–Crippen MR) is 132 cm³/mol. The van der Waals surface area contributed by atoms with Gasteiger partial charge in [-0.15, -0.1) is 24.0 Å². The molecule has 2 aliphatic rings. The molecule has 0 bridgehead atoms. The minimum absolute atomic E-state index is 0. The third-order valence-electron chi connectivity index (χ3n) is 5.41. The molecule has 1 fully saturated rings. The third-order valence-corrected chi connectivity index (χ3v) is 5.41. The van der Waals surface area contributed by atoms with E-state index < -0.39 is 0 Å². The van der Waals surface area contributed by atoms with Crippen LogP contribution < -0.4 is 20.1 Å². The van der Waals surface area contributed by atoms with Gasteiger partial charge in [0.05, 0.1) is 13.2 Å². The number of likely N-dealkylation sites (tertiary alicyclic amines) is 1. The van der Waals surface area contributed by atoms with Crippen LogP contribution in [0.1, 0.15) is 44.7 Å². The van der Waals surface area contributed by atoms with Crippen molar-refractivity contribution in [2.24, 2.45) is 4.99 Å². The summed E-state index contributed by atoms with van der Waals surface area (Å²) in [6, 6.07) is 4.43. The SMILES string of the molecule is CCOC(=O)N1CCC(NC(=NC)NCc2cc3c(cc2OCC)CC(C)O3)CC1.I. The average molecular weight is 546 g/mol. The van der Waals surface area contributed by atoms with E-state index >= 15 is 0 Å². The fourth-order valence-corrected chi connectivity index (χ4v) is 3.90. The van der Waals surface area contributed by atoms with E-state index in [2.05, 4.69) is 34.7 Å². The van der Waals surface area contributed by atoms with E-state index in [0.29, 0.717) is 32.8 Å². The number of ether oxygens (including phenoxy) is 3. The lowest BCUT2D eigenvalue weighted by Crippen LogP contribution is -2.49. The zero-order valence-corrected chi connectivity index (χ0v) is 21.2. The van der Waals surface area contributed by atoms with Gasteiger partial charge in [0.1, 0.15) is 17.6 Å². The summed E-state index contributed by atoms with van der Waals surface area (Å²) in [4.78, 5) is 18.0. The molecule has 31 heavy (non-hydrogen) atoms. The fraction of sp³-hybridized carbons (Fsp3) is 0.636. The summed E-state index contributed by atoms with van der Waals surface area (Å²) in [6.07, 6.45) is 2.60. The van der Waals surface area contributed by atoms with Gasteiger partial charge in [-0.2, -0.15) is 0 Å². The summed E-state index contributed by atoms with van der Waals surface area (Å²) in [6.45, 7) is 8.88. The predicted octanol–water partition coefficient (Wildman–Crippen LogP) is 3.31. The van der Waals surface area contributed by atoms with E-state index in [1.54, 1.807) is 11.9 Å². The molecule has 0 aliphatic carbocycles. The van der Waals surface area contributed by atoms with E-state index in [4.69, 9.17) is 14.2 Å². The molecule has 2 aliphatic heterocycles. The number of halogens is 1. The zero-order valence-electron chi connectivity index (χ0n) is 18.9. The molecule has 1 aromatic carbocycles. The number of hydrogen-bond acceptors (Lipinski definition) is 5. The Morgan fingerprint density at radius 3 is 2.65 bits per heavy atom. The molecular formula is C22H35IN4O4. The van der Waals surface area contributed by atoms with Crippen molar-refractivity contribution in [3.8, 4) is 11.5 Å². The van der Waals surface area contributed by atoms with Gasteiger partial charge in [-0.05, 0) is 45.7 Å². The standard InChI is InChI=1S/C22H34N4O4.HI/c1-5-28-19-12-16-11-15(3)30-20(16)13-17(19)14-24-21(23-4)25-18-7-9-26(10-8-18)22(27)29-6-2;/h12-13,15,18H,5-11,14H2,1-4H3,(H2,23,24,25);1H. The van der Waals surface area contributed by atoms with Crippen molar-refractivity contribution in [3.63, 3.8) is 0 Å². The molecule has 2 heterocycles. The van der Waals surface area contributed by atoms with Gasteiger partial charge in [0.2, 0.25) is 0 Å². The first-order valence-corrected chi connectivity index (χ1v) is 10.9. The van der Waals surface area contributed by atoms with Crippen molar-refractivity contribution in [2.75, 3.05) is 33.4 Å². The Bertz CT molecular complexity index is 766. The number of carbonyl (C=O) groups excluding carboxylic acids is 1. The summed E-state index contributed by atoms with van der Waals surface area (Å²) < 4.78 is 16.9. The smallest absolute Gasteiger partial charge is 0.409 e. The van der Waals surface area contributed by atoms with Crippen molar-refractivity contribution in [3.05, 3.63) is 23.3 Å². The van der Waals surface area contributed by atoms with Gasteiger partial charge in [-0.1, -0.05) is 0 Å². The number of guanidine groups is 1. The number of aliphatic imine (C=N–C) groups is 1. The van der Waals surface area contributed by atoms with Crippen LogP contribution >= 0.6 is 24.0 Å². The molecule has 0 saturated carbocycles. The highest BCUT2D eigenvalue weighted by atomic mass is 127. The molecule has 0 spiro atoms. The van der Waals surface area contributed by atoms with E-state index in [1.165, 1.54) is 5.56 Å². The van der Waals surface area contributed by atoms with Crippen LogP contribution in [0.25, 0.3) is 0 Å². The molecule has 1 amide bonds. The molecule has 1 unspecified atom stereocenters. The number of rotatable bonds is 6. The van der Waals surface area contributed by atoms with Gasteiger partial charge in [0.25, 0.3) is 0 Å². The van der Waals surface area contributed by atoms with Crippen molar-refractivity contribution >= 4 is 36.0 Å². The highest BCUT2D eigenvalue weighted by Gasteiger charge is 2.25. The molecule has 0 aromatic heterocycles. The van der Waals surface area contributed by atoms with E-state index in [-0.39, 0.29) is 42.2 Å². The molecule has 1 aromatic rings. The first-order valence-electron chi connectivity index (χ1n) is 10.9.